The molecule has 0 atom stereocenters. The van der Waals surface area contributed by atoms with Crippen LogP contribution in [0.25, 0.3) is 11.3 Å². The van der Waals surface area contributed by atoms with E-state index >= 15 is 0 Å². The molecule has 0 bridgehead atoms. The van der Waals surface area contributed by atoms with E-state index in [1.807, 2.05) is 25.1 Å². The van der Waals surface area contributed by atoms with Gasteiger partial charge in [0.25, 0.3) is 0 Å². The van der Waals surface area contributed by atoms with Gasteiger partial charge in [0.05, 0.1) is 11.3 Å². The Labute approximate surface area is 123 Å². The fraction of sp³-hybridized carbons (Fsp3) is 0.400. The molecule has 0 spiro atoms. The normalized spacial score (nSPS) is 15.5. The van der Waals surface area contributed by atoms with Crippen LogP contribution in [-0.2, 0) is 0 Å². The van der Waals surface area contributed by atoms with E-state index in [2.05, 4.69) is 25.6 Å². The first kappa shape index (κ1) is 13.8. The Morgan fingerprint density at radius 3 is 2.67 bits per heavy atom. The molecule has 6 heteroatoms. The van der Waals surface area contributed by atoms with Crippen molar-refractivity contribution in [1.82, 2.24) is 15.0 Å². The summed E-state index contributed by atoms with van der Waals surface area (Å²) < 4.78 is 0. The quantitative estimate of drug-likeness (QED) is 0.752. The van der Waals surface area contributed by atoms with Gasteiger partial charge < -0.3 is 15.7 Å². The second kappa shape index (κ2) is 5.65. The Morgan fingerprint density at radius 2 is 2.00 bits per heavy atom. The summed E-state index contributed by atoms with van der Waals surface area (Å²) >= 11 is 0. The van der Waals surface area contributed by atoms with E-state index in [4.69, 9.17) is 0 Å². The van der Waals surface area contributed by atoms with Crippen molar-refractivity contribution in [3.05, 3.63) is 30.7 Å². The molecular weight excluding hydrogens is 266 g/mol. The number of rotatable bonds is 6. The Kier molecular flexibility index (Phi) is 3.70. The molecular formula is C15H19N5O. The lowest BCUT2D eigenvalue weighted by atomic mass is 10.2. The van der Waals surface area contributed by atoms with Crippen LogP contribution in [0.2, 0.25) is 0 Å². The molecule has 0 radical (unpaired) electrons. The van der Waals surface area contributed by atoms with E-state index < -0.39 is 5.60 Å². The summed E-state index contributed by atoms with van der Waals surface area (Å²) in [7, 11) is 0. The molecule has 0 saturated heterocycles. The number of anilines is 2. The fourth-order valence-electron chi connectivity index (χ4n) is 2.02. The molecule has 1 aliphatic rings. The average Bonchev–Trinajstić information content (AvgIpc) is 3.25. The molecule has 110 valence electrons. The molecule has 0 amide bonds. The monoisotopic (exact) mass is 285 g/mol. The van der Waals surface area contributed by atoms with Gasteiger partial charge >= 0.3 is 0 Å². The van der Waals surface area contributed by atoms with Crippen LogP contribution in [0.15, 0.2) is 30.7 Å². The molecule has 2 aromatic rings. The maximum Gasteiger partial charge on any atom is 0.129 e. The fourth-order valence-corrected chi connectivity index (χ4v) is 2.02. The van der Waals surface area contributed by atoms with Crippen LogP contribution >= 0.6 is 0 Å². The molecule has 0 aliphatic heterocycles. The van der Waals surface area contributed by atoms with Crippen LogP contribution in [0.1, 0.15) is 19.8 Å². The zero-order chi connectivity index (χ0) is 14.7. The van der Waals surface area contributed by atoms with Crippen molar-refractivity contribution >= 4 is 11.6 Å². The van der Waals surface area contributed by atoms with Gasteiger partial charge in [0.2, 0.25) is 0 Å². The maximum absolute atomic E-state index is 9.79. The summed E-state index contributed by atoms with van der Waals surface area (Å²) in [5, 5.41) is 16.1. The molecule has 2 heterocycles. The van der Waals surface area contributed by atoms with Gasteiger partial charge in [-0.2, -0.15) is 0 Å². The van der Waals surface area contributed by atoms with Gasteiger partial charge in [-0.05, 0) is 31.9 Å². The van der Waals surface area contributed by atoms with Gasteiger partial charge in [0.1, 0.15) is 18.0 Å². The van der Waals surface area contributed by atoms with Crippen LogP contribution in [-0.4, -0.2) is 38.7 Å². The summed E-state index contributed by atoms with van der Waals surface area (Å²) in [6.45, 7) is 3.40. The highest BCUT2D eigenvalue weighted by atomic mass is 16.3. The summed E-state index contributed by atoms with van der Waals surface area (Å²) in [6, 6.07) is 5.76. The van der Waals surface area contributed by atoms with Gasteiger partial charge in [-0.15, -0.1) is 0 Å². The lowest BCUT2D eigenvalue weighted by Gasteiger charge is -2.10. The van der Waals surface area contributed by atoms with Gasteiger partial charge in [0, 0.05) is 30.9 Å². The van der Waals surface area contributed by atoms with Gasteiger partial charge in [-0.1, -0.05) is 0 Å². The van der Waals surface area contributed by atoms with Crippen molar-refractivity contribution in [2.24, 2.45) is 0 Å². The standard InChI is InChI=1S/C15H19N5O/c1-2-16-14-7-12(19-10-20-14)11-3-4-13(17-8-11)18-9-15(21)5-6-15/h3-4,7-8,10,21H,2,5-6,9H2,1H3,(H,17,18)(H,16,19,20). The first-order chi connectivity index (χ1) is 10.2. The second-order valence-electron chi connectivity index (χ2n) is 5.33. The van der Waals surface area contributed by atoms with Crippen LogP contribution in [0.3, 0.4) is 0 Å². The topological polar surface area (TPSA) is 83.0 Å². The minimum atomic E-state index is -0.520. The van der Waals surface area contributed by atoms with Crippen LogP contribution in [0, 0.1) is 0 Å². The molecule has 2 aromatic heterocycles. The van der Waals surface area contributed by atoms with Gasteiger partial charge in [0.15, 0.2) is 0 Å². The SMILES string of the molecule is CCNc1cc(-c2ccc(NCC3(O)CC3)nc2)ncn1. The van der Waals surface area contributed by atoms with Crippen molar-refractivity contribution in [3.63, 3.8) is 0 Å². The van der Waals surface area contributed by atoms with Crippen molar-refractivity contribution in [1.29, 1.82) is 0 Å². The number of nitrogens with one attached hydrogen (secondary N) is 2. The van der Waals surface area contributed by atoms with E-state index in [9.17, 15) is 5.11 Å². The highest BCUT2D eigenvalue weighted by Crippen LogP contribution is 2.34. The van der Waals surface area contributed by atoms with Crippen molar-refractivity contribution < 1.29 is 5.11 Å². The molecule has 0 aromatic carbocycles. The molecule has 3 rings (SSSR count). The van der Waals surface area contributed by atoms with Crippen molar-refractivity contribution in [2.75, 3.05) is 23.7 Å². The third-order valence-electron chi connectivity index (χ3n) is 3.51. The lowest BCUT2D eigenvalue weighted by molar-refractivity contribution is 0.164. The summed E-state index contributed by atoms with van der Waals surface area (Å²) in [4.78, 5) is 12.8. The molecule has 1 fully saturated rings. The van der Waals surface area contributed by atoms with Crippen molar-refractivity contribution in [2.45, 2.75) is 25.4 Å². The predicted molar refractivity (Wildman–Crippen MR) is 82.1 cm³/mol. The van der Waals surface area contributed by atoms with Crippen molar-refractivity contribution in [3.8, 4) is 11.3 Å². The number of hydrogen-bond acceptors (Lipinski definition) is 6. The minimum Gasteiger partial charge on any atom is -0.388 e. The molecule has 6 nitrogen and oxygen atoms in total. The number of pyridine rings is 1. The second-order valence-corrected chi connectivity index (χ2v) is 5.33. The Bertz CT molecular complexity index is 610. The number of aromatic nitrogens is 3. The van der Waals surface area contributed by atoms with Crippen LogP contribution in [0.4, 0.5) is 11.6 Å². The summed E-state index contributed by atoms with van der Waals surface area (Å²) in [5.41, 5.74) is 1.25. The number of aliphatic hydroxyl groups is 1. The summed E-state index contributed by atoms with van der Waals surface area (Å²) in [6.07, 6.45) is 5.05. The number of hydrogen-bond donors (Lipinski definition) is 3. The van der Waals surface area contributed by atoms with E-state index in [1.165, 1.54) is 0 Å². The van der Waals surface area contributed by atoms with E-state index in [-0.39, 0.29) is 0 Å². The molecule has 1 saturated carbocycles. The lowest BCUT2D eigenvalue weighted by Crippen LogP contribution is -2.20. The third kappa shape index (κ3) is 3.46. The zero-order valence-corrected chi connectivity index (χ0v) is 12.0. The number of nitrogens with zero attached hydrogens (tertiary/aromatic N) is 3. The average molecular weight is 285 g/mol. The largest absolute Gasteiger partial charge is 0.388 e. The van der Waals surface area contributed by atoms with Gasteiger partial charge in [-0.3, -0.25) is 0 Å². The zero-order valence-electron chi connectivity index (χ0n) is 12.0. The van der Waals surface area contributed by atoms with Gasteiger partial charge in [-0.25, -0.2) is 15.0 Å². The summed E-state index contributed by atoms with van der Waals surface area (Å²) in [5.74, 6) is 1.57. The molecule has 0 unspecified atom stereocenters. The Morgan fingerprint density at radius 1 is 1.14 bits per heavy atom. The predicted octanol–water partition coefficient (Wildman–Crippen LogP) is 1.91. The molecule has 1 aliphatic carbocycles. The first-order valence-corrected chi connectivity index (χ1v) is 7.17. The first-order valence-electron chi connectivity index (χ1n) is 7.17. The van der Waals surface area contributed by atoms with Crippen LogP contribution in [0.5, 0.6) is 0 Å². The highest BCUT2D eigenvalue weighted by Gasteiger charge is 2.39. The smallest absolute Gasteiger partial charge is 0.129 e. The third-order valence-corrected chi connectivity index (χ3v) is 3.51. The minimum absolute atomic E-state index is 0.520. The van der Waals surface area contributed by atoms with E-state index in [0.717, 1.165) is 42.3 Å². The highest BCUT2D eigenvalue weighted by molar-refractivity contribution is 5.62. The Balaban J connectivity index is 1.69. The molecule has 3 N–H and O–H groups in total. The Hall–Kier alpha value is -2.21. The van der Waals surface area contributed by atoms with Crippen LogP contribution < -0.4 is 10.6 Å². The maximum atomic E-state index is 9.79. The molecule has 21 heavy (non-hydrogen) atoms. The van der Waals surface area contributed by atoms with E-state index in [0.29, 0.717) is 6.54 Å². The van der Waals surface area contributed by atoms with E-state index in [1.54, 1.807) is 12.5 Å².